The first-order chi connectivity index (χ1) is 16.5. The predicted octanol–water partition coefficient (Wildman–Crippen LogP) is 6.50. The molecule has 4 nitrogen and oxygen atoms in total. The molecule has 1 fully saturated rings. The Labute approximate surface area is 196 Å². The molecule has 2 aromatic carbocycles. The first-order valence-corrected chi connectivity index (χ1v) is 11.0. The average Bonchev–Trinajstić information content (AvgIpc) is 3.27. The minimum absolute atomic E-state index is 0.0106. The van der Waals surface area contributed by atoms with Crippen molar-refractivity contribution in [2.45, 2.75) is 37.5 Å². The maximum atomic E-state index is 13.9. The van der Waals surface area contributed by atoms with Crippen molar-refractivity contribution >= 4 is 0 Å². The molecule has 0 spiro atoms. The molecule has 2 heterocycles. The zero-order valence-electron chi connectivity index (χ0n) is 18.4. The molecule has 188 valence electrons. The molecule has 0 amide bonds. The Morgan fingerprint density at radius 2 is 1.74 bits per heavy atom. The maximum absolute atomic E-state index is 13.9. The normalized spacial score (nSPS) is 18.5. The van der Waals surface area contributed by atoms with Gasteiger partial charge in [0.05, 0.1) is 11.5 Å². The van der Waals surface area contributed by atoms with Crippen molar-refractivity contribution in [3.8, 4) is 11.5 Å². The molecule has 0 saturated carbocycles. The van der Waals surface area contributed by atoms with Gasteiger partial charge in [0.1, 0.15) is 5.82 Å². The predicted molar refractivity (Wildman–Crippen MR) is 113 cm³/mol. The van der Waals surface area contributed by atoms with Gasteiger partial charge in [-0.15, -0.1) is 10.2 Å². The number of rotatable bonds is 6. The van der Waals surface area contributed by atoms with Crippen LogP contribution in [-0.2, 0) is 12.6 Å². The van der Waals surface area contributed by atoms with Crippen molar-refractivity contribution in [2.24, 2.45) is 5.92 Å². The number of alkyl halides is 6. The molecule has 4 rings (SSSR count). The Balaban J connectivity index is 1.45. The SMILES string of the molecule is Fc1ccc(-c2nnc(CC(CN3CCCC(c4cccc(C(F)(F)F)c4)C3)C(F)(F)F)o2)cc1. The molecule has 3 aromatic rings. The Hall–Kier alpha value is -2.95. The van der Waals surface area contributed by atoms with Crippen LogP contribution >= 0.6 is 0 Å². The molecular weight excluding hydrogens is 479 g/mol. The number of likely N-dealkylation sites (tertiary alicyclic amines) is 1. The van der Waals surface area contributed by atoms with Crippen molar-refractivity contribution in [1.29, 1.82) is 0 Å². The fourth-order valence-corrected chi connectivity index (χ4v) is 4.31. The van der Waals surface area contributed by atoms with Crippen LogP contribution in [-0.4, -0.2) is 40.9 Å². The van der Waals surface area contributed by atoms with Crippen LogP contribution < -0.4 is 0 Å². The van der Waals surface area contributed by atoms with Gasteiger partial charge >= 0.3 is 12.4 Å². The Morgan fingerprint density at radius 3 is 2.43 bits per heavy atom. The summed E-state index contributed by atoms with van der Waals surface area (Å²) in [6.07, 6.45) is -8.40. The summed E-state index contributed by atoms with van der Waals surface area (Å²) in [5.41, 5.74) is 0.0798. The van der Waals surface area contributed by atoms with Crippen LogP contribution in [0.25, 0.3) is 11.5 Å². The summed E-state index contributed by atoms with van der Waals surface area (Å²) in [6.45, 7) is 0.290. The number of aromatic nitrogens is 2. The molecule has 1 aliphatic heterocycles. The van der Waals surface area contributed by atoms with E-state index in [2.05, 4.69) is 10.2 Å². The quantitative estimate of drug-likeness (QED) is 0.362. The monoisotopic (exact) mass is 501 g/mol. The molecule has 0 radical (unpaired) electrons. The van der Waals surface area contributed by atoms with Crippen molar-refractivity contribution in [2.75, 3.05) is 19.6 Å². The van der Waals surface area contributed by atoms with Crippen LogP contribution in [0.5, 0.6) is 0 Å². The zero-order valence-corrected chi connectivity index (χ0v) is 18.4. The van der Waals surface area contributed by atoms with E-state index in [0.29, 0.717) is 30.5 Å². The molecule has 2 unspecified atom stereocenters. The highest BCUT2D eigenvalue weighted by molar-refractivity contribution is 5.51. The molecule has 0 aliphatic carbocycles. The Morgan fingerprint density at radius 1 is 1.00 bits per heavy atom. The van der Waals surface area contributed by atoms with E-state index in [1.165, 1.54) is 30.3 Å². The summed E-state index contributed by atoms with van der Waals surface area (Å²) in [6, 6.07) is 10.1. The van der Waals surface area contributed by atoms with E-state index in [4.69, 9.17) is 4.42 Å². The van der Waals surface area contributed by atoms with E-state index in [9.17, 15) is 30.7 Å². The number of hydrogen-bond donors (Lipinski definition) is 0. The topological polar surface area (TPSA) is 42.2 Å². The van der Waals surface area contributed by atoms with Crippen LogP contribution in [0.4, 0.5) is 30.7 Å². The number of halogens is 7. The molecule has 2 atom stereocenters. The third kappa shape index (κ3) is 6.39. The van der Waals surface area contributed by atoms with E-state index >= 15 is 0 Å². The average molecular weight is 501 g/mol. The van der Waals surface area contributed by atoms with Crippen molar-refractivity contribution in [1.82, 2.24) is 15.1 Å². The van der Waals surface area contributed by atoms with Gasteiger partial charge in [0.25, 0.3) is 0 Å². The number of benzene rings is 2. The summed E-state index contributed by atoms with van der Waals surface area (Å²) in [7, 11) is 0. The third-order valence-corrected chi connectivity index (χ3v) is 6.11. The lowest BCUT2D eigenvalue weighted by Crippen LogP contribution is -2.42. The first kappa shape index (κ1) is 25.2. The lowest BCUT2D eigenvalue weighted by Gasteiger charge is -2.35. The van der Waals surface area contributed by atoms with Gasteiger partial charge in [-0.2, -0.15) is 26.3 Å². The standard InChI is InChI=1S/C24H22F7N3O/c25-20-8-6-15(7-9-20)22-33-32-21(35-22)12-19(24(29,30)31)14-34-10-2-4-17(13-34)16-3-1-5-18(11-16)23(26,27)28/h1,3,5-9,11,17,19H,2,4,10,12-14H2. The van der Waals surface area contributed by atoms with Gasteiger partial charge < -0.3 is 9.32 Å². The maximum Gasteiger partial charge on any atom is 0.416 e. The van der Waals surface area contributed by atoms with Crippen molar-refractivity contribution < 1.29 is 35.2 Å². The van der Waals surface area contributed by atoms with Crippen LogP contribution in [0.1, 0.15) is 35.8 Å². The van der Waals surface area contributed by atoms with E-state index in [1.54, 1.807) is 11.0 Å². The van der Waals surface area contributed by atoms with Crippen molar-refractivity contribution in [3.63, 3.8) is 0 Å². The molecule has 0 N–H and O–H groups in total. The van der Waals surface area contributed by atoms with Gasteiger partial charge in [0.2, 0.25) is 11.8 Å². The van der Waals surface area contributed by atoms with Gasteiger partial charge in [0.15, 0.2) is 0 Å². The molecule has 35 heavy (non-hydrogen) atoms. The van der Waals surface area contributed by atoms with E-state index in [0.717, 1.165) is 12.1 Å². The van der Waals surface area contributed by atoms with E-state index < -0.39 is 36.1 Å². The highest BCUT2D eigenvalue weighted by Crippen LogP contribution is 2.35. The van der Waals surface area contributed by atoms with Gasteiger partial charge in [-0.3, -0.25) is 0 Å². The zero-order chi connectivity index (χ0) is 25.2. The summed E-state index contributed by atoms with van der Waals surface area (Å²) in [5.74, 6) is -2.78. The van der Waals surface area contributed by atoms with Gasteiger partial charge in [0, 0.05) is 25.1 Å². The smallest absolute Gasteiger partial charge is 0.416 e. The molecular formula is C24H22F7N3O. The minimum Gasteiger partial charge on any atom is -0.421 e. The second-order valence-electron chi connectivity index (χ2n) is 8.67. The lowest BCUT2D eigenvalue weighted by molar-refractivity contribution is -0.180. The molecule has 0 bridgehead atoms. The summed E-state index contributed by atoms with van der Waals surface area (Å²) >= 11 is 0. The van der Waals surface area contributed by atoms with Crippen LogP contribution in [0, 0.1) is 11.7 Å². The molecule has 1 aliphatic rings. The van der Waals surface area contributed by atoms with Crippen LogP contribution in [0.15, 0.2) is 52.9 Å². The van der Waals surface area contributed by atoms with Crippen LogP contribution in [0.3, 0.4) is 0 Å². The third-order valence-electron chi connectivity index (χ3n) is 6.11. The molecule has 1 saturated heterocycles. The Bertz CT molecular complexity index is 1130. The van der Waals surface area contributed by atoms with Crippen molar-refractivity contribution in [3.05, 3.63) is 71.4 Å². The van der Waals surface area contributed by atoms with Gasteiger partial charge in [-0.05, 0) is 61.2 Å². The fraction of sp³-hybridized carbons (Fsp3) is 0.417. The highest BCUT2D eigenvalue weighted by Gasteiger charge is 2.42. The fourth-order valence-electron chi connectivity index (χ4n) is 4.31. The Kier molecular flexibility index (Phi) is 7.16. The molecule has 11 heteroatoms. The van der Waals surface area contributed by atoms with E-state index in [1.807, 2.05) is 0 Å². The highest BCUT2D eigenvalue weighted by atomic mass is 19.4. The second-order valence-corrected chi connectivity index (χ2v) is 8.67. The first-order valence-electron chi connectivity index (χ1n) is 11.0. The van der Waals surface area contributed by atoms with E-state index in [-0.39, 0.29) is 30.8 Å². The van der Waals surface area contributed by atoms with Gasteiger partial charge in [-0.25, -0.2) is 4.39 Å². The lowest BCUT2D eigenvalue weighted by atomic mass is 9.89. The summed E-state index contributed by atoms with van der Waals surface area (Å²) in [4.78, 5) is 1.63. The molecule has 1 aromatic heterocycles. The number of hydrogen-bond acceptors (Lipinski definition) is 4. The van der Waals surface area contributed by atoms with Crippen LogP contribution in [0.2, 0.25) is 0 Å². The largest absolute Gasteiger partial charge is 0.421 e. The summed E-state index contributed by atoms with van der Waals surface area (Å²) in [5, 5.41) is 7.49. The second kappa shape index (κ2) is 9.96. The summed E-state index contributed by atoms with van der Waals surface area (Å²) < 4.78 is 99.3. The number of nitrogens with zero attached hydrogens (tertiary/aromatic N) is 3. The minimum atomic E-state index is -4.55. The number of piperidine rings is 1. The van der Waals surface area contributed by atoms with Gasteiger partial charge in [-0.1, -0.05) is 18.2 Å².